The van der Waals surface area contributed by atoms with Crippen LogP contribution in [0.4, 0.5) is 15.5 Å². The molecule has 1 heterocycles. The summed E-state index contributed by atoms with van der Waals surface area (Å²) in [6.45, 7) is 1.79. The van der Waals surface area contributed by atoms with E-state index in [-0.39, 0.29) is 12.6 Å². The van der Waals surface area contributed by atoms with Crippen LogP contribution in [-0.2, 0) is 4.74 Å². The van der Waals surface area contributed by atoms with E-state index in [1.54, 1.807) is 6.92 Å². The third-order valence-electron chi connectivity index (χ3n) is 1.25. The number of hydrogen-bond acceptors (Lipinski definition) is 6. The van der Waals surface area contributed by atoms with Gasteiger partial charge in [-0.3, -0.25) is 0 Å². The van der Waals surface area contributed by atoms with E-state index in [9.17, 15) is 9.59 Å². The molecule has 0 aliphatic rings. The fraction of sp³-hybridized carbons (Fsp3) is 0.333. The average molecular weight is 199 g/mol. The average Bonchev–Trinajstić information content (AvgIpc) is 2.51. The van der Waals surface area contributed by atoms with Gasteiger partial charge in [0.2, 0.25) is 5.95 Å². The van der Waals surface area contributed by atoms with Crippen molar-refractivity contribution in [3.63, 3.8) is 0 Å². The van der Waals surface area contributed by atoms with Crippen LogP contribution in [0.5, 0.6) is 0 Å². The van der Waals surface area contributed by atoms with E-state index in [4.69, 9.17) is 5.73 Å². The first-order valence-corrected chi connectivity index (χ1v) is 3.78. The number of nitrogens with zero attached hydrogens (tertiary/aromatic N) is 3. The van der Waals surface area contributed by atoms with Gasteiger partial charge in [-0.1, -0.05) is 0 Å². The van der Waals surface area contributed by atoms with Crippen molar-refractivity contribution < 1.29 is 14.3 Å². The van der Waals surface area contributed by atoms with Gasteiger partial charge in [-0.05, 0) is 6.92 Å². The predicted molar refractivity (Wildman–Crippen MR) is 45.4 cm³/mol. The molecule has 0 unspecified atom stereocenters. The number of carbonyl (C=O) groups is 2. The normalized spacial score (nSPS) is 9.50. The quantitative estimate of drug-likeness (QED) is 0.634. The first-order valence-electron chi connectivity index (χ1n) is 3.78. The van der Waals surface area contributed by atoms with Crippen molar-refractivity contribution in [1.82, 2.24) is 20.1 Å². The molecule has 0 atom stereocenters. The molecule has 1 aromatic rings. The van der Waals surface area contributed by atoms with Crippen LogP contribution < -0.4 is 11.1 Å². The number of amides is 2. The van der Waals surface area contributed by atoms with E-state index in [1.165, 1.54) is 0 Å². The van der Waals surface area contributed by atoms with Crippen LogP contribution in [0.1, 0.15) is 6.92 Å². The highest BCUT2D eigenvalue weighted by molar-refractivity contribution is 5.92. The Kier molecular flexibility index (Phi) is 3.00. The second kappa shape index (κ2) is 4.21. The number of hydrogen-bond donors (Lipinski definition) is 2. The molecule has 0 spiro atoms. The summed E-state index contributed by atoms with van der Waals surface area (Å²) in [5, 5.41) is 5.39. The predicted octanol–water partition coefficient (Wildman–Crippen LogP) is -0.425. The SMILES string of the molecule is CCOC(=O)NC(=O)n1ncnc1N. The van der Waals surface area contributed by atoms with Crippen LogP contribution >= 0.6 is 0 Å². The summed E-state index contributed by atoms with van der Waals surface area (Å²) >= 11 is 0. The summed E-state index contributed by atoms with van der Waals surface area (Å²) in [5.41, 5.74) is 5.27. The largest absolute Gasteiger partial charge is 0.450 e. The molecule has 76 valence electrons. The van der Waals surface area contributed by atoms with Gasteiger partial charge in [-0.15, -0.1) is 9.78 Å². The highest BCUT2D eigenvalue weighted by Gasteiger charge is 2.13. The van der Waals surface area contributed by atoms with Gasteiger partial charge >= 0.3 is 12.1 Å². The molecule has 8 nitrogen and oxygen atoms in total. The van der Waals surface area contributed by atoms with Crippen molar-refractivity contribution in [2.24, 2.45) is 0 Å². The Morgan fingerprint density at radius 3 is 2.93 bits per heavy atom. The number of nitrogens with one attached hydrogen (secondary N) is 1. The number of alkyl carbamates (subject to hydrolysis) is 1. The maximum atomic E-state index is 11.2. The Hall–Kier alpha value is -2.12. The van der Waals surface area contributed by atoms with Crippen molar-refractivity contribution in [2.45, 2.75) is 6.92 Å². The summed E-state index contributed by atoms with van der Waals surface area (Å²) in [4.78, 5) is 25.5. The van der Waals surface area contributed by atoms with Gasteiger partial charge in [0.05, 0.1) is 6.61 Å². The van der Waals surface area contributed by atoms with Crippen molar-refractivity contribution in [3.05, 3.63) is 6.33 Å². The second-order valence-corrected chi connectivity index (χ2v) is 2.18. The van der Waals surface area contributed by atoms with Crippen LogP contribution in [0.25, 0.3) is 0 Å². The standard InChI is InChI=1S/C6H9N5O3/c1-2-14-6(13)10-5(12)11-4(7)8-3-9-11/h3H,2H2,1H3,(H2,7,8,9)(H,10,12,13). The van der Waals surface area contributed by atoms with Gasteiger partial charge in [-0.25, -0.2) is 14.9 Å². The third kappa shape index (κ3) is 2.19. The molecule has 0 bridgehead atoms. The topological polar surface area (TPSA) is 112 Å². The number of imide groups is 1. The van der Waals surface area contributed by atoms with Gasteiger partial charge in [0.15, 0.2) is 0 Å². The molecule has 2 amide bonds. The monoisotopic (exact) mass is 199 g/mol. The number of nitrogen functional groups attached to an aromatic ring is 1. The fourth-order valence-corrected chi connectivity index (χ4v) is 0.714. The highest BCUT2D eigenvalue weighted by Crippen LogP contribution is 1.92. The minimum absolute atomic E-state index is 0.105. The summed E-state index contributed by atoms with van der Waals surface area (Å²) in [6, 6.07) is -0.807. The lowest BCUT2D eigenvalue weighted by atomic mass is 10.8. The molecule has 0 saturated heterocycles. The Labute approximate surface area is 79.0 Å². The summed E-state index contributed by atoms with van der Waals surface area (Å²) in [7, 11) is 0. The number of nitrogens with two attached hydrogens (primary N) is 1. The van der Waals surface area contributed by atoms with Crippen LogP contribution in [0, 0.1) is 0 Å². The molecular formula is C6H9N5O3. The van der Waals surface area contributed by atoms with E-state index < -0.39 is 12.1 Å². The smallest absolute Gasteiger partial charge is 0.415 e. The van der Waals surface area contributed by atoms with Gasteiger partial charge < -0.3 is 10.5 Å². The van der Waals surface area contributed by atoms with E-state index in [0.717, 1.165) is 11.0 Å². The summed E-state index contributed by atoms with van der Waals surface area (Å²) < 4.78 is 5.22. The van der Waals surface area contributed by atoms with Crippen molar-refractivity contribution in [1.29, 1.82) is 0 Å². The molecule has 1 aromatic heterocycles. The maximum Gasteiger partial charge on any atom is 0.415 e. The van der Waals surface area contributed by atoms with E-state index in [1.807, 2.05) is 5.32 Å². The molecule has 14 heavy (non-hydrogen) atoms. The van der Waals surface area contributed by atoms with Crippen LogP contribution in [0.2, 0.25) is 0 Å². The lowest BCUT2D eigenvalue weighted by molar-refractivity contribution is 0.152. The van der Waals surface area contributed by atoms with E-state index in [0.29, 0.717) is 0 Å². The molecule has 0 aromatic carbocycles. The van der Waals surface area contributed by atoms with Gasteiger partial charge in [0.25, 0.3) is 0 Å². The number of carbonyl (C=O) groups excluding carboxylic acids is 2. The highest BCUT2D eigenvalue weighted by atomic mass is 16.5. The van der Waals surface area contributed by atoms with Crippen LogP contribution in [0.3, 0.4) is 0 Å². The Morgan fingerprint density at radius 1 is 1.71 bits per heavy atom. The fourth-order valence-electron chi connectivity index (χ4n) is 0.714. The molecule has 8 heteroatoms. The minimum Gasteiger partial charge on any atom is -0.450 e. The Bertz CT molecular complexity index is 347. The van der Waals surface area contributed by atoms with Gasteiger partial charge in [-0.2, -0.15) is 4.98 Å². The molecular weight excluding hydrogens is 190 g/mol. The summed E-state index contributed by atoms with van der Waals surface area (Å²) in [5.74, 6) is -0.105. The van der Waals surface area contributed by atoms with E-state index >= 15 is 0 Å². The Morgan fingerprint density at radius 2 is 2.43 bits per heavy atom. The first-order chi connectivity index (χ1) is 6.65. The zero-order valence-electron chi connectivity index (χ0n) is 7.43. The lowest BCUT2D eigenvalue weighted by Crippen LogP contribution is -2.35. The molecule has 0 radical (unpaired) electrons. The van der Waals surface area contributed by atoms with Crippen molar-refractivity contribution in [2.75, 3.05) is 12.3 Å². The number of rotatable bonds is 1. The van der Waals surface area contributed by atoms with Crippen molar-refractivity contribution in [3.8, 4) is 0 Å². The molecule has 0 aliphatic heterocycles. The zero-order chi connectivity index (χ0) is 10.6. The van der Waals surface area contributed by atoms with Crippen LogP contribution in [0.15, 0.2) is 6.33 Å². The molecule has 3 N–H and O–H groups in total. The van der Waals surface area contributed by atoms with Crippen LogP contribution in [-0.4, -0.2) is 33.5 Å². The number of anilines is 1. The minimum atomic E-state index is -0.854. The molecule has 0 saturated carbocycles. The molecule has 0 aliphatic carbocycles. The van der Waals surface area contributed by atoms with E-state index in [2.05, 4.69) is 14.8 Å². The third-order valence-corrected chi connectivity index (χ3v) is 1.25. The van der Waals surface area contributed by atoms with Gasteiger partial charge in [0.1, 0.15) is 6.33 Å². The lowest BCUT2D eigenvalue weighted by Gasteiger charge is -2.03. The maximum absolute atomic E-state index is 11.2. The van der Waals surface area contributed by atoms with Gasteiger partial charge in [0, 0.05) is 0 Å². The number of ether oxygens (including phenoxy) is 1. The Balaban J connectivity index is 2.59. The van der Waals surface area contributed by atoms with Crippen molar-refractivity contribution >= 4 is 18.1 Å². The molecule has 1 rings (SSSR count). The zero-order valence-corrected chi connectivity index (χ0v) is 7.43. The number of aromatic nitrogens is 3. The summed E-state index contributed by atoms with van der Waals surface area (Å²) in [6.07, 6.45) is 0.243. The second-order valence-electron chi connectivity index (χ2n) is 2.18. The molecule has 0 fully saturated rings. The first kappa shape index (κ1) is 9.96.